The average Bonchev–Trinajstić information content (AvgIpc) is 3.31. The molecular weight excluding hydrogens is 362 g/mol. The zero-order valence-corrected chi connectivity index (χ0v) is 17.2. The van der Waals surface area contributed by atoms with Gasteiger partial charge in [0.25, 0.3) is 0 Å². The van der Waals surface area contributed by atoms with E-state index in [4.69, 9.17) is 11.2 Å². The number of ketones is 1. The van der Waals surface area contributed by atoms with Crippen molar-refractivity contribution in [2.45, 2.75) is 52.5 Å². The molecule has 0 aliphatic carbocycles. The van der Waals surface area contributed by atoms with Crippen LogP contribution in [0.4, 0.5) is 0 Å². The number of hydrogen-bond donors (Lipinski definition) is 0. The van der Waals surface area contributed by atoms with Crippen molar-refractivity contribution >= 4 is 17.3 Å². The van der Waals surface area contributed by atoms with Gasteiger partial charge in [-0.25, -0.2) is 4.79 Å². The maximum Gasteiger partial charge on any atom is 0.339 e. The Morgan fingerprint density at radius 1 is 1.14 bits per heavy atom. The number of carbonyl (C=O) groups excluding carboxylic acids is 2. The molecule has 1 aliphatic heterocycles. The molecule has 0 fully saturated rings. The van der Waals surface area contributed by atoms with Crippen molar-refractivity contribution in [1.82, 2.24) is 4.57 Å². The third-order valence-electron chi connectivity index (χ3n) is 5.29. The van der Waals surface area contributed by atoms with Crippen molar-refractivity contribution in [3.8, 4) is 12.3 Å². The summed E-state index contributed by atoms with van der Waals surface area (Å²) in [5, 5.41) is 0. The Hall–Kier alpha value is -3.06. The van der Waals surface area contributed by atoms with Gasteiger partial charge in [-0.05, 0) is 54.8 Å². The molecule has 4 heteroatoms. The van der Waals surface area contributed by atoms with Gasteiger partial charge < -0.3 is 9.30 Å². The van der Waals surface area contributed by atoms with Gasteiger partial charge in [-0.3, -0.25) is 4.79 Å². The van der Waals surface area contributed by atoms with Gasteiger partial charge in [-0.15, -0.1) is 6.42 Å². The van der Waals surface area contributed by atoms with Gasteiger partial charge in [0, 0.05) is 17.7 Å². The molecule has 0 bridgehead atoms. The third kappa shape index (κ3) is 4.35. The second-order valence-electron chi connectivity index (χ2n) is 7.23. The Labute approximate surface area is 172 Å². The van der Waals surface area contributed by atoms with Crippen molar-refractivity contribution in [3.05, 3.63) is 64.5 Å². The van der Waals surface area contributed by atoms with Gasteiger partial charge in [0.05, 0.1) is 23.6 Å². The number of benzene rings is 1. The van der Waals surface area contributed by atoms with Crippen LogP contribution in [0.15, 0.2) is 36.4 Å². The minimum atomic E-state index is -0.308. The van der Waals surface area contributed by atoms with E-state index < -0.39 is 0 Å². The number of rotatable bonds is 9. The topological polar surface area (TPSA) is 48.3 Å². The maximum atomic E-state index is 13.2. The van der Waals surface area contributed by atoms with Crippen LogP contribution in [0, 0.1) is 12.3 Å². The van der Waals surface area contributed by atoms with Crippen molar-refractivity contribution < 1.29 is 14.3 Å². The number of aryl methyl sites for hydroxylation is 1. The molecule has 0 spiro atoms. The second-order valence-corrected chi connectivity index (χ2v) is 7.23. The van der Waals surface area contributed by atoms with Gasteiger partial charge in [0.1, 0.15) is 0 Å². The molecule has 2 aromatic rings. The lowest BCUT2D eigenvalue weighted by Gasteiger charge is -2.08. The average molecular weight is 389 g/mol. The van der Waals surface area contributed by atoms with Crippen molar-refractivity contribution in [2.75, 3.05) is 6.61 Å². The van der Waals surface area contributed by atoms with Crippen molar-refractivity contribution in [2.24, 2.45) is 0 Å². The molecule has 0 amide bonds. The fourth-order valence-corrected chi connectivity index (χ4v) is 3.66. The lowest BCUT2D eigenvalue weighted by atomic mass is 10.0. The maximum absolute atomic E-state index is 13.2. The fourth-order valence-electron chi connectivity index (χ4n) is 3.66. The van der Waals surface area contributed by atoms with Crippen LogP contribution in [0.2, 0.25) is 0 Å². The highest BCUT2D eigenvalue weighted by Crippen LogP contribution is 2.31. The molecular formula is C25H27NO3. The van der Waals surface area contributed by atoms with E-state index in [0.29, 0.717) is 36.4 Å². The number of carbonyl (C=O) groups is 2. The molecule has 4 nitrogen and oxygen atoms in total. The Morgan fingerprint density at radius 3 is 2.55 bits per heavy atom. The van der Waals surface area contributed by atoms with Crippen LogP contribution >= 0.6 is 0 Å². The summed E-state index contributed by atoms with van der Waals surface area (Å²) in [5.41, 5.74) is 4.22. The summed E-state index contributed by atoms with van der Waals surface area (Å²) < 4.78 is 7.38. The van der Waals surface area contributed by atoms with Gasteiger partial charge in [0.15, 0.2) is 0 Å². The van der Waals surface area contributed by atoms with Gasteiger partial charge >= 0.3 is 5.97 Å². The summed E-state index contributed by atoms with van der Waals surface area (Å²) in [6.07, 6.45) is 12.2. The Morgan fingerprint density at radius 2 is 1.90 bits per heavy atom. The van der Waals surface area contributed by atoms with Crippen LogP contribution in [-0.2, 0) is 22.5 Å². The van der Waals surface area contributed by atoms with Crippen LogP contribution in [0.5, 0.6) is 0 Å². The van der Waals surface area contributed by atoms with Crippen LogP contribution < -0.4 is 0 Å². The molecule has 0 atom stereocenters. The van der Waals surface area contributed by atoms with Crippen LogP contribution in [0.3, 0.4) is 0 Å². The first kappa shape index (κ1) is 20.7. The highest BCUT2D eigenvalue weighted by Gasteiger charge is 2.29. The molecule has 1 aromatic heterocycles. The molecule has 1 aliphatic rings. The van der Waals surface area contributed by atoms with Crippen LogP contribution in [0.25, 0.3) is 5.57 Å². The fraction of sp³-hybridized carbons (Fsp3) is 0.360. The van der Waals surface area contributed by atoms with E-state index >= 15 is 0 Å². The highest BCUT2D eigenvalue weighted by atomic mass is 16.5. The normalized spacial score (nSPS) is 12.2. The number of allylic oxidation sites excluding steroid dienone is 1. The van der Waals surface area contributed by atoms with E-state index in [2.05, 4.69) is 12.8 Å². The molecule has 1 aromatic carbocycles. The van der Waals surface area contributed by atoms with Gasteiger partial charge in [0.2, 0.25) is 5.78 Å². The van der Waals surface area contributed by atoms with E-state index in [9.17, 15) is 9.59 Å². The van der Waals surface area contributed by atoms with E-state index in [1.807, 2.05) is 23.6 Å². The minimum Gasteiger partial charge on any atom is -0.462 e. The van der Waals surface area contributed by atoms with E-state index in [0.717, 1.165) is 42.5 Å². The number of terminal acetylenes is 1. The lowest BCUT2D eigenvalue weighted by molar-refractivity contribution is -0.136. The van der Waals surface area contributed by atoms with Crippen molar-refractivity contribution in [3.63, 3.8) is 0 Å². The Balaban J connectivity index is 1.79. The third-order valence-corrected chi connectivity index (χ3v) is 5.29. The second kappa shape index (κ2) is 9.43. The molecule has 0 unspecified atom stereocenters. The van der Waals surface area contributed by atoms with E-state index in [-0.39, 0.29) is 11.8 Å². The van der Waals surface area contributed by atoms with Gasteiger partial charge in [-0.2, -0.15) is 0 Å². The standard InChI is InChI=1S/C25H27NO3/c1-4-7-8-9-16-29-25(28)21-14-15-26-22(21)17-19(6-3)23(26)24(27)20-12-10-18(5-2)11-13-20/h2,10-14,17H,4,6-9,15-16H2,1,3H3. The smallest absolute Gasteiger partial charge is 0.339 e. The first-order valence-electron chi connectivity index (χ1n) is 10.3. The SMILES string of the molecule is C#Cc1ccc(C(=O)c2c(CC)cc3n2CC=C3C(=O)OCCCCCC)cc1. The zero-order chi connectivity index (χ0) is 20.8. The molecule has 0 saturated carbocycles. The molecule has 0 N–H and O–H groups in total. The predicted octanol–water partition coefficient (Wildman–Crippen LogP) is 4.78. The molecule has 2 heterocycles. The number of esters is 1. The number of ether oxygens (including phenoxy) is 1. The Kier molecular flexibility index (Phi) is 6.72. The lowest BCUT2D eigenvalue weighted by Crippen LogP contribution is -2.12. The summed E-state index contributed by atoms with van der Waals surface area (Å²) in [5.74, 6) is 2.20. The molecule has 150 valence electrons. The van der Waals surface area contributed by atoms with Crippen molar-refractivity contribution in [1.29, 1.82) is 0 Å². The summed E-state index contributed by atoms with van der Waals surface area (Å²) in [4.78, 5) is 25.7. The van der Waals surface area contributed by atoms with Crippen LogP contribution in [0.1, 0.15) is 72.4 Å². The summed E-state index contributed by atoms with van der Waals surface area (Å²) >= 11 is 0. The molecule has 3 rings (SSSR count). The highest BCUT2D eigenvalue weighted by molar-refractivity contribution is 6.18. The minimum absolute atomic E-state index is 0.0562. The van der Waals surface area contributed by atoms with E-state index in [1.54, 1.807) is 24.3 Å². The molecule has 0 radical (unpaired) electrons. The summed E-state index contributed by atoms with van der Waals surface area (Å²) in [6, 6.07) is 8.99. The number of aromatic nitrogens is 1. The number of nitrogens with zero attached hydrogens (tertiary/aromatic N) is 1. The molecule has 0 saturated heterocycles. The van der Waals surface area contributed by atoms with Crippen LogP contribution in [-0.4, -0.2) is 22.9 Å². The quantitative estimate of drug-likeness (QED) is 0.268. The monoisotopic (exact) mass is 389 g/mol. The summed E-state index contributed by atoms with van der Waals surface area (Å²) in [6.45, 7) is 5.10. The number of unbranched alkanes of at least 4 members (excludes halogenated alkanes) is 3. The zero-order valence-electron chi connectivity index (χ0n) is 17.2. The van der Waals surface area contributed by atoms with Gasteiger partial charge in [-0.1, -0.05) is 39.0 Å². The first-order chi connectivity index (χ1) is 14.1. The molecule has 29 heavy (non-hydrogen) atoms. The summed E-state index contributed by atoms with van der Waals surface area (Å²) in [7, 11) is 0. The first-order valence-corrected chi connectivity index (χ1v) is 10.3. The largest absolute Gasteiger partial charge is 0.462 e. The number of fused-ring (bicyclic) bond motifs is 1. The van der Waals surface area contributed by atoms with E-state index in [1.165, 1.54) is 0 Å². The Bertz CT molecular complexity index is 971. The predicted molar refractivity (Wildman–Crippen MR) is 115 cm³/mol. The number of hydrogen-bond acceptors (Lipinski definition) is 3.